The Kier molecular flexibility index (Phi) is 4.49. The van der Waals surface area contributed by atoms with Gasteiger partial charge in [0.15, 0.2) is 0 Å². The Labute approximate surface area is 118 Å². The highest BCUT2D eigenvalue weighted by Crippen LogP contribution is 2.16. The minimum Gasteiger partial charge on any atom is -0.306 e. The zero-order chi connectivity index (χ0) is 14.5. The van der Waals surface area contributed by atoms with E-state index in [-0.39, 0.29) is 11.9 Å². The van der Waals surface area contributed by atoms with Gasteiger partial charge in [0, 0.05) is 12.6 Å². The summed E-state index contributed by atoms with van der Waals surface area (Å²) in [5.41, 5.74) is 3.59. The van der Waals surface area contributed by atoms with Crippen LogP contribution in [0.4, 0.5) is 4.39 Å². The molecule has 0 aromatic heterocycles. The fourth-order valence-electron chi connectivity index (χ4n) is 2.05. The van der Waals surface area contributed by atoms with Crippen LogP contribution in [0.25, 0.3) is 0 Å². The second-order valence-electron chi connectivity index (χ2n) is 4.93. The van der Waals surface area contributed by atoms with Crippen molar-refractivity contribution < 1.29 is 4.39 Å². The van der Waals surface area contributed by atoms with Crippen LogP contribution in [0.15, 0.2) is 42.5 Å². The van der Waals surface area contributed by atoms with Gasteiger partial charge in [-0.1, -0.05) is 29.8 Å². The van der Waals surface area contributed by atoms with Crippen LogP contribution in [0.5, 0.6) is 0 Å². The van der Waals surface area contributed by atoms with Crippen LogP contribution in [0, 0.1) is 24.1 Å². The average molecular weight is 268 g/mol. The van der Waals surface area contributed by atoms with Crippen LogP contribution in [-0.4, -0.2) is 0 Å². The van der Waals surface area contributed by atoms with Crippen LogP contribution in [0.1, 0.15) is 35.2 Å². The molecule has 0 saturated heterocycles. The quantitative estimate of drug-likeness (QED) is 0.914. The number of rotatable bonds is 4. The molecule has 0 saturated carbocycles. The molecule has 0 aliphatic rings. The Morgan fingerprint density at radius 2 is 1.90 bits per heavy atom. The third-order valence-electron chi connectivity index (χ3n) is 3.36. The maximum atomic E-state index is 13.2. The normalized spacial score (nSPS) is 11.9. The third-order valence-corrected chi connectivity index (χ3v) is 3.36. The second kappa shape index (κ2) is 6.31. The van der Waals surface area contributed by atoms with Gasteiger partial charge in [0.25, 0.3) is 0 Å². The maximum Gasteiger partial charge on any atom is 0.123 e. The van der Waals surface area contributed by atoms with Crippen molar-refractivity contribution in [2.24, 2.45) is 0 Å². The Hall–Kier alpha value is -2.18. The number of benzene rings is 2. The van der Waals surface area contributed by atoms with Crippen molar-refractivity contribution in [3.05, 3.63) is 70.5 Å². The lowest BCUT2D eigenvalue weighted by molar-refractivity contribution is 0.568. The third kappa shape index (κ3) is 3.43. The number of nitriles is 1. The number of hydrogen-bond acceptors (Lipinski definition) is 2. The van der Waals surface area contributed by atoms with Crippen molar-refractivity contribution in [2.75, 3.05) is 0 Å². The molecule has 0 amide bonds. The Balaban J connectivity index is 2.07. The van der Waals surface area contributed by atoms with E-state index in [1.807, 2.05) is 6.92 Å². The molecule has 2 aromatic rings. The highest BCUT2D eigenvalue weighted by Gasteiger charge is 2.08. The van der Waals surface area contributed by atoms with Crippen LogP contribution in [0.2, 0.25) is 0 Å². The smallest absolute Gasteiger partial charge is 0.123 e. The van der Waals surface area contributed by atoms with Crippen molar-refractivity contribution in [1.82, 2.24) is 5.32 Å². The van der Waals surface area contributed by atoms with Crippen LogP contribution in [0.3, 0.4) is 0 Å². The van der Waals surface area contributed by atoms with Crippen LogP contribution < -0.4 is 5.32 Å². The molecule has 0 unspecified atom stereocenters. The lowest BCUT2D eigenvalue weighted by Crippen LogP contribution is -2.18. The molecule has 0 radical (unpaired) electrons. The molecule has 102 valence electrons. The minimum atomic E-state index is -0.316. The average Bonchev–Trinajstić information content (AvgIpc) is 2.45. The molecule has 2 nitrogen and oxygen atoms in total. The first kappa shape index (κ1) is 14.2. The number of halogens is 1. The monoisotopic (exact) mass is 268 g/mol. The Morgan fingerprint density at radius 3 is 2.55 bits per heavy atom. The summed E-state index contributed by atoms with van der Waals surface area (Å²) >= 11 is 0. The fraction of sp³-hybridized carbons (Fsp3) is 0.235. The molecule has 20 heavy (non-hydrogen) atoms. The van der Waals surface area contributed by atoms with Gasteiger partial charge >= 0.3 is 0 Å². The summed E-state index contributed by atoms with van der Waals surface area (Å²) in [6.07, 6.45) is 0. The molecular weight excluding hydrogens is 251 g/mol. The fourth-order valence-corrected chi connectivity index (χ4v) is 2.05. The number of nitrogens with zero attached hydrogens (tertiary/aromatic N) is 1. The zero-order valence-electron chi connectivity index (χ0n) is 11.7. The van der Waals surface area contributed by atoms with Gasteiger partial charge in [0.2, 0.25) is 0 Å². The molecule has 0 heterocycles. The van der Waals surface area contributed by atoms with E-state index in [0.717, 1.165) is 0 Å². The summed E-state index contributed by atoms with van der Waals surface area (Å²) in [6, 6.07) is 14.7. The standard InChI is InChI=1S/C17H17FN2/c1-12-3-5-14(6-4-12)13(2)20-11-16-9-17(18)8-7-15(16)10-19/h3-9,13,20H,11H2,1-2H3/t13-/m1/s1. The predicted octanol–water partition coefficient (Wildman–Crippen LogP) is 3.86. The Bertz CT molecular complexity index is 626. The minimum absolute atomic E-state index is 0.144. The molecule has 1 N–H and O–H groups in total. The number of nitrogens with one attached hydrogen (secondary N) is 1. The number of hydrogen-bond donors (Lipinski definition) is 1. The zero-order valence-corrected chi connectivity index (χ0v) is 11.7. The molecule has 1 atom stereocenters. The van der Waals surface area contributed by atoms with Crippen molar-refractivity contribution in [2.45, 2.75) is 26.4 Å². The van der Waals surface area contributed by atoms with Crippen molar-refractivity contribution in [3.8, 4) is 6.07 Å². The van der Waals surface area contributed by atoms with E-state index in [1.54, 1.807) is 0 Å². The number of aryl methyl sites for hydroxylation is 1. The van der Waals surface area contributed by atoms with E-state index < -0.39 is 0 Å². The molecule has 2 rings (SSSR count). The first-order chi connectivity index (χ1) is 9.60. The van der Waals surface area contributed by atoms with Gasteiger partial charge in [-0.2, -0.15) is 5.26 Å². The molecule has 0 spiro atoms. The maximum absolute atomic E-state index is 13.2. The molecule has 2 aromatic carbocycles. The first-order valence-corrected chi connectivity index (χ1v) is 6.58. The molecule has 0 aliphatic carbocycles. The SMILES string of the molecule is Cc1ccc([C@@H](C)NCc2cc(F)ccc2C#N)cc1. The van der Waals surface area contributed by atoms with E-state index in [4.69, 9.17) is 5.26 Å². The topological polar surface area (TPSA) is 35.8 Å². The predicted molar refractivity (Wildman–Crippen MR) is 77.5 cm³/mol. The Morgan fingerprint density at radius 1 is 1.20 bits per heavy atom. The van der Waals surface area contributed by atoms with E-state index in [1.165, 1.54) is 29.3 Å². The highest BCUT2D eigenvalue weighted by molar-refractivity contribution is 5.38. The highest BCUT2D eigenvalue weighted by atomic mass is 19.1. The van der Waals surface area contributed by atoms with Crippen molar-refractivity contribution in [3.63, 3.8) is 0 Å². The van der Waals surface area contributed by atoms with Gasteiger partial charge in [-0.15, -0.1) is 0 Å². The van der Waals surface area contributed by atoms with Gasteiger partial charge < -0.3 is 5.32 Å². The van der Waals surface area contributed by atoms with Crippen molar-refractivity contribution in [1.29, 1.82) is 5.26 Å². The summed E-state index contributed by atoms with van der Waals surface area (Å²) in [5, 5.41) is 12.3. The second-order valence-corrected chi connectivity index (χ2v) is 4.93. The van der Waals surface area contributed by atoms with Gasteiger partial charge in [-0.05, 0) is 43.2 Å². The molecule has 0 bridgehead atoms. The van der Waals surface area contributed by atoms with E-state index in [9.17, 15) is 4.39 Å². The lowest BCUT2D eigenvalue weighted by atomic mass is 10.0. The van der Waals surface area contributed by atoms with Gasteiger partial charge in [0.1, 0.15) is 5.82 Å². The van der Waals surface area contributed by atoms with E-state index in [0.29, 0.717) is 17.7 Å². The molecule has 3 heteroatoms. The largest absolute Gasteiger partial charge is 0.306 e. The lowest BCUT2D eigenvalue weighted by Gasteiger charge is -2.15. The summed E-state index contributed by atoms with van der Waals surface area (Å²) in [7, 11) is 0. The van der Waals surface area contributed by atoms with Crippen molar-refractivity contribution >= 4 is 0 Å². The van der Waals surface area contributed by atoms with E-state index >= 15 is 0 Å². The summed E-state index contributed by atoms with van der Waals surface area (Å²) in [4.78, 5) is 0. The van der Waals surface area contributed by atoms with Gasteiger partial charge in [-0.3, -0.25) is 0 Å². The summed E-state index contributed by atoms with van der Waals surface area (Å²) in [6.45, 7) is 4.57. The van der Waals surface area contributed by atoms with Crippen LogP contribution in [-0.2, 0) is 6.54 Å². The molecule has 0 aliphatic heterocycles. The van der Waals surface area contributed by atoms with Crippen LogP contribution >= 0.6 is 0 Å². The summed E-state index contributed by atoms with van der Waals surface area (Å²) in [5.74, 6) is -0.316. The molecular formula is C17H17FN2. The van der Waals surface area contributed by atoms with E-state index in [2.05, 4.69) is 42.6 Å². The van der Waals surface area contributed by atoms with Gasteiger partial charge in [-0.25, -0.2) is 4.39 Å². The van der Waals surface area contributed by atoms with Gasteiger partial charge in [0.05, 0.1) is 11.6 Å². The first-order valence-electron chi connectivity index (χ1n) is 6.58. The molecule has 0 fully saturated rings. The summed E-state index contributed by atoms with van der Waals surface area (Å²) < 4.78 is 13.2.